The third-order valence-corrected chi connectivity index (χ3v) is 3.73. The average Bonchev–Trinajstić information content (AvgIpc) is 2.42. The first-order chi connectivity index (χ1) is 10.0. The molecule has 21 heavy (non-hydrogen) atoms. The molecule has 1 fully saturated rings. The number of rotatable bonds is 6. The first-order valence-electron chi connectivity index (χ1n) is 7.01. The molecule has 116 valence electrons. The van der Waals surface area contributed by atoms with Gasteiger partial charge >= 0.3 is 12.6 Å². The van der Waals surface area contributed by atoms with Crippen molar-refractivity contribution < 1.29 is 23.4 Å². The van der Waals surface area contributed by atoms with Gasteiger partial charge in [0.2, 0.25) is 0 Å². The van der Waals surface area contributed by atoms with Crippen LogP contribution < -0.4 is 4.74 Å². The van der Waals surface area contributed by atoms with Crippen molar-refractivity contribution in [3.8, 4) is 5.75 Å². The molecule has 1 N–H and O–H groups in total. The molecule has 1 aromatic carbocycles. The molecular weight excluding hydrogens is 280 g/mol. The molecule has 1 aliphatic heterocycles. The van der Waals surface area contributed by atoms with Gasteiger partial charge in [0.15, 0.2) is 0 Å². The number of carbonyl (C=O) groups is 1. The van der Waals surface area contributed by atoms with Gasteiger partial charge in [-0.1, -0.05) is 12.1 Å². The van der Waals surface area contributed by atoms with Crippen molar-refractivity contribution >= 4 is 5.97 Å². The fourth-order valence-corrected chi connectivity index (χ4v) is 2.63. The van der Waals surface area contributed by atoms with E-state index in [1.54, 1.807) is 24.3 Å². The maximum absolute atomic E-state index is 12.0. The molecule has 1 heterocycles. The lowest BCUT2D eigenvalue weighted by atomic mass is 9.93. The first kappa shape index (κ1) is 15.7. The highest BCUT2D eigenvalue weighted by Gasteiger charge is 2.21. The molecule has 0 amide bonds. The summed E-state index contributed by atoms with van der Waals surface area (Å²) < 4.78 is 28.4. The third-order valence-electron chi connectivity index (χ3n) is 3.73. The van der Waals surface area contributed by atoms with Crippen LogP contribution in [-0.4, -0.2) is 35.7 Å². The fraction of sp³-hybridized carbons (Fsp3) is 0.533. The van der Waals surface area contributed by atoms with E-state index in [1.807, 2.05) is 0 Å². The Bertz CT molecular complexity index is 456. The Morgan fingerprint density at radius 2 is 1.90 bits per heavy atom. The first-order valence-corrected chi connectivity index (χ1v) is 7.01. The number of hydrogen-bond acceptors (Lipinski definition) is 3. The van der Waals surface area contributed by atoms with E-state index in [0.29, 0.717) is 0 Å². The SMILES string of the molecule is O=C(O)CC1CCN(Cc2ccc(OC(F)F)cc2)CC1. The van der Waals surface area contributed by atoms with Crippen molar-refractivity contribution in [1.82, 2.24) is 4.90 Å². The molecule has 0 spiro atoms. The molecule has 6 heteroatoms. The predicted molar refractivity (Wildman–Crippen MR) is 73.3 cm³/mol. The van der Waals surface area contributed by atoms with Gasteiger partial charge in [-0.3, -0.25) is 9.69 Å². The minimum absolute atomic E-state index is 0.161. The lowest BCUT2D eigenvalue weighted by Crippen LogP contribution is -2.33. The fourth-order valence-electron chi connectivity index (χ4n) is 2.63. The van der Waals surface area contributed by atoms with Crippen molar-refractivity contribution in [2.75, 3.05) is 13.1 Å². The molecule has 0 aromatic heterocycles. The molecule has 0 atom stereocenters. The number of ether oxygens (including phenoxy) is 1. The van der Waals surface area contributed by atoms with Crippen LogP contribution in [-0.2, 0) is 11.3 Å². The van der Waals surface area contributed by atoms with Gasteiger partial charge in [0.05, 0.1) is 0 Å². The second kappa shape index (κ2) is 7.36. The Morgan fingerprint density at radius 1 is 1.29 bits per heavy atom. The Balaban J connectivity index is 1.79. The number of carboxylic acid groups (broad SMARTS) is 1. The number of alkyl halides is 2. The Hall–Kier alpha value is -1.69. The van der Waals surface area contributed by atoms with Gasteiger partial charge in [0.1, 0.15) is 5.75 Å². The molecule has 0 saturated carbocycles. The number of halogens is 2. The van der Waals surface area contributed by atoms with E-state index in [4.69, 9.17) is 5.11 Å². The Kier molecular flexibility index (Phi) is 5.50. The highest BCUT2D eigenvalue weighted by atomic mass is 19.3. The van der Waals surface area contributed by atoms with Crippen LogP contribution in [0.5, 0.6) is 5.75 Å². The van der Waals surface area contributed by atoms with Crippen LogP contribution >= 0.6 is 0 Å². The molecule has 4 nitrogen and oxygen atoms in total. The second-order valence-electron chi connectivity index (χ2n) is 5.34. The van der Waals surface area contributed by atoms with Crippen LogP contribution in [0.4, 0.5) is 8.78 Å². The van der Waals surface area contributed by atoms with Crippen LogP contribution in [0.3, 0.4) is 0 Å². The number of hydrogen-bond donors (Lipinski definition) is 1. The van der Waals surface area contributed by atoms with E-state index >= 15 is 0 Å². The summed E-state index contributed by atoms with van der Waals surface area (Å²) in [6.07, 6.45) is 2.02. The molecule has 1 aliphatic rings. The number of likely N-dealkylation sites (tertiary alicyclic amines) is 1. The normalized spacial score (nSPS) is 17.1. The van der Waals surface area contributed by atoms with E-state index in [9.17, 15) is 13.6 Å². The minimum atomic E-state index is -2.80. The third kappa shape index (κ3) is 5.30. The van der Waals surface area contributed by atoms with Crippen LogP contribution in [0.1, 0.15) is 24.8 Å². The lowest BCUT2D eigenvalue weighted by molar-refractivity contribution is -0.138. The number of aliphatic carboxylic acids is 1. The van der Waals surface area contributed by atoms with Crippen LogP contribution in [0.25, 0.3) is 0 Å². The van der Waals surface area contributed by atoms with Crippen molar-refractivity contribution in [3.63, 3.8) is 0 Å². The summed E-state index contributed by atoms with van der Waals surface area (Å²) in [7, 11) is 0. The Morgan fingerprint density at radius 3 is 2.43 bits per heavy atom. The summed E-state index contributed by atoms with van der Waals surface area (Å²) in [5.74, 6) is -0.308. The topological polar surface area (TPSA) is 49.8 Å². The van der Waals surface area contributed by atoms with Crippen molar-refractivity contribution in [1.29, 1.82) is 0 Å². The van der Waals surface area contributed by atoms with Crippen LogP contribution in [0.2, 0.25) is 0 Å². The van der Waals surface area contributed by atoms with Gasteiger partial charge in [0.25, 0.3) is 0 Å². The maximum atomic E-state index is 12.0. The highest BCUT2D eigenvalue weighted by Crippen LogP contribution is 2.22. The number of piperidine rings is 1. The van der Waals surface area contributed by atoms with Crippen molar-refractivity contribution in [3.05, 3.63) is 29.8 Å². The van der Waals surface area contributed by atoms with Crippen molar-refractivity contribution in [2.45, 2.75) is 32.4 Å². The monoisotopic (exact) mass is 299 g/mol. The quantitative estimate of drug-likeness (QED) is 0.877. The zero-order valence-corrected chi connectivity index (χ0v) is 11.7. The van der Waals surface area contributed by atoms with Gasteiger partial charge in [-0.15, -0.1) is 0 Å². The second-order valence-corrected chi connectivity index (χ2v) is 5.34. The standard InChI is InChI=1S/C15H19F2NO3/c16-15(17)21-13-3-1-12(2-4-13)10-18-7-5-11(6-8-18)9-14(19)20/h1-4,11,15H,5-10H2,(H,19,20). The summed E-state index contributed by atoms with van der Waals surface area (Å²) in [6.45, 7) is -0.320. The number of carboxylic acids is 1. The molecule has 0 aliphatic carbocycles. The van der Waals surface area contributed by atoms with E-state index in [0.717, 1.165) is 38.0 Å². The average molecular weight is 299 g/mol. The van der Waals surface area contributed by atoms with E-state index in [2.05, 4.69) is 9.64 Å². The zero-order chi connectivity index (χ0) is 15.2. The van der Waals surface area contributed by atoms with Crippen LogP contribution in [0.15, 0.2) is 24.3 Å². The van der Waals surface area contributed by atoms with Crippen molar-refractivity contribution in [2.24, 2.45) is 5.92 Å². The summed E-state index contributed by atoms with van der Waals surface area (Å²) >= 11 is 0. The van der Waals surface area contributed by atoms with E-state index in [-0.39, 0.29) is 18.1 Å². The van der Waals surface area contributed by atoms with Crippen LogP contribution in [0, 0.1) is 5.92 Å². The molecule has 0 unspecified atom stereocenters. The summed E-state index contributed by atoms with van der Waals surface area (Å²) in [5.41, 5.74) is 1.04. The summed E-state index contributed by atoms with van der Waals surface area (Å²) in [6, 6.07) is 6.64. The Labute approximate surface area is 122 Å². The predicted octanol–water partition coefficient (Wildman–Crippen LogP) is 2.97. The molecule has 1 saturated heterocycles. The number of nitrogens with zero attached hydrogens (tertiary/aromatic N) is 1. The van der Waals surface area contributed by atoms with E-state index < -0.39 is 12.6 Å². The van der Waals surface area contributed by atoms with Gasteiger partial charge in [-0.25, -0.2) is 0 Å². The maximum Gasteiger partial charge on any atom is 0.387 e. The van der Waals surface area contributed by atoms with E-state index in [1.165, 1.54) is 0 Å². The minimum Gasteiger partial charge on any atom is -0.481 e. The zero-order valence-electron chi connectivity index (χ0n) is 11.7. The molecule has 2 rings (SSSR count). The largest absolute Gasteiger partial charge is 0.481 e. The molecule has 0 radical (unpaired) electrons. The lowest BCUT2D eigenvalue weighted by Gasteiger charge is -2.31. The van der Waals surface area contributed by atoms with Gasteiger partial charge in [-0.05, 0) is 49.5 Å². The summed E-state index contributed by atoms with van der Waals surface area (Å²) in [5, 5.41) is 8.78. The number of benzene rings is 1. The van der Waals surface area contributed by atoms with Gasteiger partial charge in [0, 0.05) is 13.0 Å². The molecule has 1 aromatic rings. The van der Waals surface area contributed by atoms with Gasteiger partial charge < -0.3 is 9.84 Å². The van der Waals surface area contributed by atoms with Gasteiger partial charge in [-0.2, -0.15) is 8.78 Å². The molecular formula is C15H19F2NO3. The summed E-state index contributed by atoms with van der Waals surface area (Å²) in [4.78, 5) is 12.9. The highest BCUT2D eigenvalue weighted by molar-refractivity contribution is 5.67. The molecule has 0 bridgehead atoms. The smallest absolute Gasteiger partial charge is 0.387 e.